The van der Waals surface area contributed by atoms with Crippen LogP contribution in [0, 0.1) is 10.6 Å². The van der Waals surface area contributed by atoms with E-state index in [2.05, 4.69) is 4.98 Å². The number of fused-ring (bicyclic) bond motifs is 1. The SMILES string of the molecule is CCC(C(=O)OC)n1c(=S)[nH]c2c(F)cccc21. The molecule has 0 spiro atoms. The zero-order valence-electron chi connectivity index (χ0n) is 10.1. The van der Waals surface area contributed by atoms with Gasteiger partial charge in [0.05, 0.1) is 12.6 Å². The van der Waals surface area contributed by atoms with Gasteiger partial charge in [0.1, 0.15) is 17.4 Å². The van der Waals surface area contributed by atoms with Gasteiger partial charge in [0.2, 0.25) is 0 Å². The van der Waals surface area contributed by atoms with E-state index >= 15 is 0 Å². The first-order valence-corrected chi connectivity index (χ1v) is 5.97. The summed E-state index contributed by atoms with van der Waals surface area (Å²) >= 11 is 5.16. The zero-order valence-corrected chi connectivity index (χ0v) is 10.9. The molecule has 18 heavy (non-hydrogen) atoms. The van der Waals surface area contributed by atoms with Gasteiger partial charge in [-0.15, -0.1) is 0 Å². The largest absolute Gasteiger partial charge is 0.467 e. The summed E-state index contributed by atoms with van der Waals surface area (Å²) in [4.78, 5) is 14.5. The molecule has 96 valence electrons. The number of rotatable bonds is 3. The predicted molar refractivity (Wildman–Crippen MR) is 68.4 cm³/mol. The van der Waals surface area contributed by atoms with E-state index in [1.165, 1.54) is 13.2 Å². The van der Waals surface area contributed by atoms with Crippen LogP contribution in [0.5, 0.6) is 0 Å². The summed E-state index contributed by atoms with van der Waals surface area (Å²) in [6, 6.07) is 4.10. The highest BCUT2D eigenvalue weighted by atomic mass is 32.1. The molecule has 0 aliphatic carbocycles. The second-order valence-corrected chi connectivity index (χ2v) is 4.27. The highest BCUT2D eigenvalue weighted by Crippen LogP contribution is 2.23. The summed E-state index contributed by atoms with van der Waals surface area (Å²) in [6.07, 6.45) is 0.518. The smallest absolute Gasteiger partial charge is 0.328 e. The standard InChI is InChI=1S/C12H13FN2O2S/c1-3-8(11(16)17-2)15-9-6-4-5-7(13)10(9)14-12(15)18/h4-6,8H,3H2,1-2H3,(H,14,18). The van der Waals surface area contributed by atoms with E-state index < -0.39 is 17.8 Å². The van der Waals surface area contributed by atoms with Crippen molar-refractivity contribution >= 4 is 29.2 Å². The lowest BCUT2D eigenvalue weighted by atomic mass is 10.2. The molecule has 1 aromatic heterocycles. The number of hydrogen-bond donors (Lipinski definition) is 1. The molecule has 0 radical (unpaired) electrons. The van der Waals surface area contributed by atoms with Gasteiger partial charge < -0.3 is 14.3 Å². The number of methoxy groups -OCH3 is 1. The summed E-state index contributed by atoms with van der Waals surface area (Å²) in [7, 11) is 1.32. The Morgan fingerprint density at radius 1 is 1.61 bits per heavy atom. The summed E-state index contributed by atoms with van der Waals surface area (Å²) in [5, 5.41) is 0. The summed E-state index contributed by atoms with van der Waals surface area (Å²) in [6.45, 7) is 1.85. The number of esters is 1. The van der Waals surface area contributed by atoms with Crippen LogP contribution in [-0.2, 0) is 9.53 Å². The van der Waals surface area contributed by atoms with Gasteiger partial charge in [-0.25, -0.2) is 9.18 Å². The van der Waals surface area contributed by atoms with E-state index in [0.717, 1.165) is 0 Å². The molecular weight excluding hydrogens is 255 g/mol. The number of hydrogen-bond acceptors (Lipinski definition) is 3. The Labute approximate surface area is 108 Å². The maximum absolute atomic E-state index is 13.6. The number of H-pyrrole nitrogens is 1. The number of halogens is 1. The van der Waals surface area contributed by atoms with Crippen molar-refractivity contribution in [2.45, 2.75) is 19.4 Å². The molecule has 1 heterocycles. The number of nitrogens with zero attached hydrogens (tertiary/aromatic N) is 1. The average Bonchev–Trinajstić information content (AvgIpc) is 2.69. The number of carbonyl (C=O) groups excluding carboxylic acids is 1. The Bertz CT molecular complexity index is 647. The molecule has 2 aromatic rings. The molecule has 0 fully saturated rings. The van der Waals surface area contributed by atoms with E-state index in [1.54, 1.807) is 16.7 Å². The van der Waals surface area contributed by atoms with Gasteiger partial charge in [-0.2, -0.15) is 0 Å². The van der Waals surface area contributed by atoms with Crippen LogP contribution in [0.3, 0.4) is 0 Å². The number of carbonyl (C=O) groups is 1. The molecule has 0 aliphatic heterocycles. The van der Waals surface area contributed by atoms with Crippen molar-refractivity contribution in [2.24, 2.45) is 0 Å². The molecule has 1 unspecified atom stereocenters. The Kier molecular flexibility index (Phi) is 3.47. The fourth-order valence-electron chi connectivity index (χ4n) is 2.01. The Hall–Kier alpha value is -1.69. The number of ether oxygens (including phenoxy) is 1. The van der Waals surface area contributed by atoms with Gasteiger partial charge in [-0.05, 0) is 30.8 Å². The maximum atomic E-state index is 13.6. The number of nitrogens with one attached hydrogen (secondary N) is 1. The van der Waals surface area contributed by atoms with Gasteiger partial charge in [0.25, 0.3) is 0 Å². The molecule has 0 saturated heterocycles. The molecule has 0 amide bonds. The highest BCUT2D eigenvalue weighted by Gasteiger charge is 2.22. The number of imidazole rings is 1. The van der Waals surface area contributed by atoms with Gasteiger partial charge in [-0.3, -0.25) is 0 Å². The molecule has 0 bridgehead atoms. The first-order chi connectivity index (χ1) is 8.60. The van der Waals surface area contributed by atoms with Crippen LogP contribution in [0.15, 0.2) is 18.2 Å². The lowest BCUT2D eigenvalue weighted by Crippen LogP contribution is -2.20. The van der Waals surface area contributed by atoms with Crippen LogP contribution in [0.1, 0.15) is 19.4 Å². The monoisotopic (exact) mass is 268 g/mol. The molecule has 6 heteroatoms. The summed E-state index contributed by atoms with van der Waals surface area (Å²) in [5.41, 5.74) is 0.877. The van der Waals surface area contributed by atoms with Crippen molar-refractivity contribution < 1.29 is 13.9 Å². The zero-order chi connectivity index (χ0) is 13.3. The van der Waals surface area contributed by atoms with Crippen molar-refractivity contribution in [1.82, 2.24) is 9.55 Å². The normalized spacial score (nSPS) is 12.6. The summed E-state index contributed by atoms with van der Waals surface area (Å²) in [5.74, 6) is -0.782. The second-order valence-electron chi connectivity index (χ2n) is 3.88. The van der Waals surface area contributed by atoms with E-state index in [4.69, 9.17) is 17.0 Å². The van der Waals surface area contributed by atoms with Crippen LogP contribution >= 0.6 is 12.2 Å². The Balaban J connectivity index is 2.70. The number of aromatic nitrogens is 2. The first kappa shape index (κ1) is 12.8. The molecule has 0 aliphatic rings. The van der Waals surface area contributed by atoms with Gasteiger partial charge in [-0.1, -0.05) is 13.0 Å². The Morgan fingerprint density at radius 2 is 2.33 bits per heavy atom. The van der Waals surface area contributed by atoms with Crippen molar-refractivity contribution in [3.63, 3.8) is 0 Å². The van der Waals surface area contributed by atoms with Crippen LogP contribution in [0.25, 0.3) is 11.0 Å². The number of benzene rings is 1. The van der Waals surface area contributed by atoms with Crippen LogP contribution in [0.2, 0.25) is 0 Å². The third kappa shape index (κ3) is 1.92. The maximum Gasteiger partial charge on any atom is 0.328 e. The van der Waals surface area contributed by atoms with Crippen molar-refractivity contribution in [1.29, 1.82) is 0 Å². The number of aromatic amines is 1. The predicted octanol–water partition coefficient (Wildman–Crippen LogP) is 2.96. The number of para-hydroxylation sites is 1. The summed E-state index contributed by atoms with van der Waals surface area (Å²) < 4.78 is 20.3. The van der Waals surface area contributed by atoms with Crippen LogP contribution < -0.4 is 0 Å². The van der Waals surface area contributed by atoms with E-state index in [-0.39, 0.29) is 0 Å². The molecule has 1 atom stereocenters. The topological polar surface area (TPSA) is 47.0 Å². The molecule has 2 rings (SSSR count). The third-order valence-corrected chi connectivity index (χ3v) is 3.17. The fourth-order valence-corrected chi connectivity index (χ4v) is 2.34. The second kappa shape index (κ2) is 4.89. The molecule has 1 N–H and O–H groups in total. The van der Waals surface area contributed by atoms with E-state index in [9.17, 15) is 9.18 Å². The first-order valence-electron chi connectivity index (χ1n) is 5.56. The van der Waals surface area contributed by atoms with E-state index in [1.807, 2.05) is 6.92 Å². The third-order valence-electron chi connectivity index (χ3n) is 2.87. The van der Waals surface area contributed by atoms with Gasteiger partial charge in [0, 0.05) is 0 Å². The van der Waals surface area contributed by atoms with Crippen molar-refractivity contribution in [3.8, 4) is 0 Å². The molecule has 4 nitrogen and oxygen atoms in total. The molecule has 1 aromatic carbocycles. The fraction of sp³-hybridized carbons (Fsp3) is 0.333. The van der Waals surface area contributed by atoms with Crippen molar-refractivity contribution in [3.05, 3.63) is 28.8 Å². The van der Waals surface area contributed by atoms with Crippen LogP contribution in [0.4, 0.5) is 4.39 Å². The lowest BCUT2D eigenvalue weighted by Gasteiger charge is -2.15. The molecular formula is C12H13FN2O2S. The minimum Gasteiger partial charge on any atom is -0.467 e. The van der Waals surface area contributed by atoms with Gasteiger partial charge in [0.15, 0.2) is 4.77 Å². The lowest BCUT2D eigenvalue weighted by molar-refractivity contribution is -0.144. The van der Waals surface area contributed by atoms with Crippen LogP contribution in [-0.4, -0.2) is 22.6 Å². The Morgan fingerprint density at radius 3 is 2.94 bits per heavy atom. The van der Waals surface area contributed by atoms with Crippen molar-refractivity contribution in [2.75, 3.05) is 7.11 Å². The quantitative estimate of drug-likeness (QED) is 0.687. The highest BCUT2D eigenvalue weighted by molar-refractivity contribution is 7.71. The average molecular weight is 268 g/mol. The minimum absolute atomic E-state index is 0.310. The van der Waals surface area contributed by atoms with E-state index in [0.29, 0.717) is 22.2 Å². The molecule has 0 saturated carbocycles. The van der Waals surface area contributed by atoms with Gasteiger partial charge >= 0.3 is 5.97 Å². The minimum atomic E-state index is -0.543.